The Hall–Kier alpha value is -0.870. The van der Waals surface area contributed by atoms with Crippen molar-refractivity contribution in [2.45, 2.75) is 12.0 Å². The van der Waals surface area contributed by atoms with E-state index in [9.17, 15) is 5.11 Å². The monoisotopic (exact) mass is 353 g/mol. The fraction of sp³-hybridized carbons (Fsp3) is 0.250. The zero-order valence-electron chi connectivity index (χ0n) is 11.2. The molecule has 2 nitrogen and oxygen atoms in total. The minimum absolute atomic E-state index is 0.0481. The van der Waals surface area contributed by atoms with E-state index in [0.29, 0.717) is 11.6 Å². The summed E-state index contributed by atoms with van der Waals surface area (Å²) in [5, 5.41) is 14.4. The molecule has 0 bridgehead atoms. The molecule has 1 unspecified atom stereocenters. The summed E-state index contributed by atoms with van der Waals surface area (Å²) in [6.07, 6.45) is -0.569. The number of benzene rings is 2. The van der Waals surface area contributed by atoms with Crippen molar-refractivity contribution in [1.29, 1.82) is 0 Å². The van der Waals surface area contributed by atoms with E-state index in [0.717, 1.165) is 15.6 Å². The number of nitrogens with one attached hydrogen (secondary N) is 1. The highest BCUT2D eigenvalue weighted by atomic mass is 79.9. The molecule has 0 saturated heterocycles. The van der Waals surface area contributed by atoms with Gasteiger partial charge in [0.05, 0.1) is 11.1 Å². The Labute approximate surface area is 132 Å². The van der Waals surface area contributed by atoms with Crippen LogP contribution in [0.2, 0.25) is 5.02 Å². The predicted octanol–water partition coefficient (Wildman–Crippen LogP) is 4.14. The van der Waals surface area contributed by atoms with Crippen molar-refractivity contribution in [3.8, 4) is 0 Å². The van der Waals surface area contributed by atoms with E-state index >= 15 is 0 Å². The molecule has 0 saturated carbocycles. The van der Waals surface area contributed by atoms with E-state index in [1.807, 2.05) is 55.6 Å². The molecule has 2 rings (SSSR count). The van der Waals surface area contributed by atoms with Crippen molar-refractivity contribution < 1.29 is 5.11 Å². The molecule has 2 aromatic carbocycles. The molecule has 0 aliphatic rings. The van der Waals surface area contributed by atoms with Crippen LogP contribution in [-0.2, 0) is 0 Å². The van der Waals surface area contributed by atoms with Crippen molar-refractivity contribution in [3.63, 3.8) is 0 Å². The lowest BCUT2D eigenvalue weighted by atomic mass is 9.89. The first-order valence-electron chi connectivity index (χ1n) is 6.46. The van der Waals surface area contributed by atoms with Gasteiger partial charge in [-0.2, -0.15) is 0 Å². The molecule has 0 heterocycles. The van der Waals surface area contributed by atoms with Crippen molar-refractivity contribution >= 4 is 27.5 Å². The van der Waals surface area contributed by atoms with E-state index in [4.69, 9.17) is 11.6 Å². The molecular formula is C16H17BrClNO. The molecule has 20 heavy (non-hydrogen) atoms. The maximum atomic E-state index is 10.6. The first-order valence-corrected chi connectivity index (χ1v) is 7.63. The quantitative estimate of drug-likeness (QED) is 0.846. The second kappa shape index (κ2) is 7.23. The molecule has 0 fully saturated rings. The molecule has 2 atom stereocenters. The zero-order chi connectivity index (χ0) is 14.5. The topological polar surface area (TPSA) is 32.3 Å². The maximum absolute atomic E-state index is 10.6. The average Bonchev–Trinajstić information content (AvgIpc) is 2.48. The highest BCUT2D eigenvalue weighted by Gasteiger charge is 2.22. The Balaban J connectivity index is 2.33. The Morgan fingerprint density at radius 2 is 1.85 bits per heavy atom. The molecule has 0 aliphatic heterocycles. The molecule has 0 aliphatic carbocycles. The summed E-state index contributed by atoms with van der Waals surface area (Å²) in [4.78, 5) is 0. The third-order valence-electron chi connectivity index (χ3n) is 3.32. The summed E-state index contributed by atoms with van der Waals surface area (Å²) in [6.45, 7) is 0.675. The molecule has 0 spiro atoms. The van der Waals surface area contributed by atoms with Crippen LogP contribution in [0.15, 0.2) is 53.0 Å². The van der Waals surface area contributed by atoms with Gasteiger partial charge >= 0.3 is 0 Å². The summed E-state index contributed by atoms with van der Waals surface area (Å²) in [5.41, 5.74) is 1.93. The molecule has 0 radical (unpaired) electrons. The van der Waals surface area contributed by atoms with Gasteiger partial charge in [0.15, 0.2) is 0 Å². The predicted molar refractivity (Wildman–Crippen MR) is 87.2 cm³/mol. The van der Waals surface area contributed by atoms with Gasteiger partial charge in [0.2, 0.25) is 0 Å². The van der Waals surface area contributed by atoms with Crippen molar-refractivity contribution in [2.24, 2.45) is 0 Å². The minimum atomic E-state index is -0.569. The van der Waals surface area contributed by atoms with Crippen LogP contribution in [0, 0.1) is 0 Å². The molecule has 2 N–H and O–H groups in total. The summed E-state index contributed by atoms with van der Waals surface area (Å²) in [6, 6.07) is 15.5. The van der Waals surface area contributed by atoms with Crippen LogP contribution in [0.4, 0.5) is 0 Å². The first kappa shape index (κ1) is 15.5. The molecule has 2 aromatic rings. The fourth-order valence-electron chi connectivity index (χ4n) is 2.26. The van der Waals surface area contributed by atoms with Gasteiger partial charge in [0, 0.05) is 16.9 Å². The molecule has 106 valence electrons. The Kier molecular flexibility index (Phi) is 5.61. The Bertz CT molecular complexity index is 562. The Morgan fingerprint density at radius 3 is 2.45 bits per heavy atom. The fourth-order valence-corrected chi connectivity index (χ4v) is 2.69. The van der Waals surface area contributed by atoms with Gasteiger partial charge in [-0.15, -0.1) is 0 Å². The van der Waals surface area contributed by atoms with Crippen LogP contribution in [0.25, 0.3) is 0 Å². The van der Waals surface area contributed by atoms with Gasteiger partial charge in [-0.3, -0.25) is 0 Å². The second-order valence-electron chi connectivity index (χ2n) is 4.69. The number of hydrogen-bond donors (Lipinski definition) is 2. The number of likely N-dealkylation sites (N-methyl/N-ethyl adjacent to an activating group) is 1. The van der Waals surface area contributed by atoms with Crippen LogP contribution in [0.3, 0.4) is 0 Å². The largest absolute Gasteiger partial charge is 0.388 e. The van der Waals surface area contributed by atoms with E-state index < -0.39 is 6.10 Å². The van der Waals surface area contributed by atoms with Gasteiger partial charge in [0.25, 0.3) is 0 Å². The number of hydrogen-bond acceptors (Lipinski definition) is 2. The summed E-state index contributed by atoms with van der Waals surface area (Å²) < 4.78 is 0.861. The highest BCUT2D eigenvalue weighted by Crippen LogP contribution is 2.33. The first-order chi connectivity index (χ1) is 9.63. The standard InChI is InChI=1S/C16H17BrClNO/c1-19-10-13(12-7-8-14(17)15(18)9-12)16(20)11-5-3-2-4-6-11/h2-9,13,16,19-20H,10H2,1H3/t13?,16-/m1/s1. The normalized spacial score (nSPS) is 14.0. The van der Waals surface area contributed by atoms with Crippen molar-refractivity contribution in [1.82, 2.24) is 5.32 Å². The lowest BCUT2D eigenvalue weighted by molar-refractivity contribution is 0.144. The van der Waals surface area contributed by atoms with E-state index in [-0.39, 0.29) is 5.92 Å². The molecule has 4 heteroatoms. The van der Waals surface area contributed by atoms with Gasteiger partial charge in [-0.1, -0.05) is 48.0 Å². The molecular weight excluding hydrogens is 338 g/mol. The van der Waals surface area contributed by atoms with Gasteiger partial charge < -0.3 is 10.4 Å². The van der Waals surface area contributed by atoms with E-state index in [2.05, 4.69) is 21.2 Å². The van der Waals surface area contributed by atoms with E-state index in [1.54, 1.807) is 0 Å². The SMILES string of the molecule is CNCC(c1ccc(Br)c(Cl)c1)[C@H](O)c1ccccc1. The van der Waals surface area contributed by atoms with Crippen molar-refractivity contribution in [2.75, 3.05) is 13.6 Å². The molecule has 0 aromatic heterocycles. The molecule has 0 amide bonds. The zero-order valence-corrected chi connectivity index (χ0v) is 13.5. The third-order valence-corrected chi connectivity index (χ3v) is 4.55. The van der Waals surface area contributed by atoms with Crippen LogP contribution < -0.4 is 5.32 Å². The Morgan fingerprint density at radius 1 is 1.15 bits per heavy atom. The number of aliphatic hydroxyl groups excluding tert-OH is 1. The number of halogens is 2. The maximum Gasteiger partial charge on any atom is 0.0870 e. The number of rotatable bonds is 5. The summed E-state index contributed by atoms with van der Waals surface area (Å²) >= 11 is 9.55. The van der Waals surface area contributed by atoms with Crippen LogP contribution in [-0.4, -0.2) is 18.7 Å². The highest BCUT2D eigenvalue weighted by molar-refractivity contribution is 9.10. The number of aliphatic hydroxyl groups is 1. The lowest BCUT2D eigenvalue weighted by Crippen LogP contribution is -2.23. The smallest absolute Gasteiger partial charge is 0.0870 e. The average molecular weight is 355 g/mol. The van der Waals surface area contributed by atoms with Crippen LogP contribution >= 0.6 is 27.5 Å². The van der Waals surface area contributed by atoms with Gasteiger partial charge in [-0.25, -0.2) is 0 Å². The second-order valence-corrected chi connectivity index (χ2v) is 5.95. The van der Waals surface area contributed by atoms with Crippen LogP contribution in [0.5, 0.6) is 0 Å². The minimum Gasteiger partial charge on any atom is -0.388 e. The van der Waals surface area contributed by atoms with Crippen molar-refractivity contribution in [3.05, 3.63) is 69.2 Å². The summed E-state index contributed by atoms with van der Waals surface area (Å²) in [7, 11) is 1.88. The van der Waals surface area contributed by atoms with Gasteiger partial charge in [0.1, 0.15) is 0 Å². The van der Waals surface area contributed by atoms with E-state index in [1.165, 1.54) is 0 Å². The van der Waals surface area contributed by atoms with Gasteiger partial charge in [-0.05, 0) is 46.2 Å². The van der Waals surface area contributed by atoms with Crippen LogP contribution in [0.1, 0.15) is 23.1 Å². The summed E-state index contributed by atoms with van der Waals surface area (Å²) in [5.74, 6) is -0.0481. The lowest BCUT2D eigenvalue weighted by Gasteiger charge is -2.24. The third kappa shape index (κ3) is 3.61.